The molecule has 5 aromatic rings. The number of aromatic amines is 1. The number of benzene rings is 1. The molecule has 10 nitrogen and oxygen atoms in total. The highest BCUT2D eigenvalue weighted by molar-refractivity contribution is 5.90. The molecule has 1 N–H and O–H groups in total. The predicted molar refractivity (Wildman–Crippen MR) is 112 cm³/mol. The van der Waals surface area contributed by atoms with Crippen LogP contribution in [0.2, 0.25) is 0 Å². The summed E-state index contributed by atoms with van der Waals surface area (Å²) in [4.78, 5) is 36.2. The Labute approximate surface area is 181 Å². The van der Waals surface area contributed by atoms with Crippen molar-refractivity contribution in [1.82, 2.24) is 40.0 Å². The Hall–Kier alpha value is -4.47. The summed E-state index contributed by atoms with van der Waals surface area (Å²) in [5, 5.41) is 8.89. The molecule has 1 aliphatic heterocycles. The molecule has 1 aliphatic rings. The van der Waals surface area contributed by atoms with Gasteiger partial charge in [-0.2, -0.15) is 0 Å². The number of aromatic nitrogens is 7. The van der Waals surface area contributed by atoms with Crippen LogP contribution in [0.1, 0.15) is 33.9 Å². The highest BCUT2D eigenvalue weighted by atomic mass is 16.4. The maximum Gasteiger partial charge on any atom is 0.312 e. The van der Waals surface area contributed by atoms with E-state index < -0.39 is 11.9 Å². The molecule has 0 saturated carbocycles. The standard InChI is InChI=1S/C22H16N8O2/c31-22(21-29-28-20(32-21)16-7-3-4-9-23-16)30-10-8-15-17(26-12-25-15)18(30)19-24-11-13-5-1-2-6-14(13)27-19/h1-7,9,11-12,18H,8,10H2,(H,25,26)/t18-/m0/s1. The second-order valence-corrected chi connectivity index (χ2v) is 7.33. The Morgan fingerprint density at radius 2 is 1.97 bits per heavy atom. The summed E-state index contributed by atoms with van der Waals surface area (Å²) in [7, 11) is 0. The molecular formula is C22H16N8O2. The lowest BCUT2D eigenvalue weighted by molar-refractivity contribution is 0.0643. The molecule has 0 radical (unpaired) electrons. The van der Waals surface area contributed by atoms with E-state index in [1.165, 1.54) is 0 Å². The highest BCUT2D eigenvalue weighted by Gasteiger charge is 2.38. The number of nitrogens with one attached hydrogen (secondary N) is 1. The molecule has 32 heavy (non-hydrogen) atoms. The lowest BCUT2D eigenvalue weighted by atomic mass is 10.0. The number of H-pyrrole nitrogens is 1. The van der Waals surface area contributed by atoms with Gasteiger partial charge in [0.2, 0.25) is 0 Å². The molecule has 0 fully saturated rings. The molecular weight excluding hydrogens is 408 g/mol. The van der Waals surface area contributed by atoms with Gasteiger partial charge in [-0.15, -0.1) is 10.2 Å². The van der Waals surface area contributed by atoms with Gasteiger partial charge in [0.25, 0.3) is 5.89 Å². The molecule has 1 amide bonds. The van der Waals surface area contributed by atoms with Crippen molar-refractivity contribution in [2.45, 2.75) is 12.5 Å². The Kier molecular flexibility index (Phi) is 4.20. The Bertz CT molecular complexity index is 1430. The van der Waals surface area contributed by atoms with Crippen molar-refractivity contribution < 1.29 is 9.21 Å². The molecule has 0 bridgehead atoms. The lowest BCUT2D eigenvalue weighted by Crippen LogP contribution is -2.41. The molecule has 4 aromatic heterocycles. The fraction of sp³-hybridized carbons (Fsp3) is 0.136. The van der Waals surface area contributed by atoms with E-state index in [9.17, 15) is 4.79 Å². The van der Waals surface area contributed by atoms with Crippen LogP contribution in [-0.2, 0) is 6.42 Å². The summed E-state index contributed by atoms with van der Waals surface area (Å²) in [6, 6.07) is 12.5. The van der Waals surface area contributed by atoms with E-state index in [0.717, 1.165) is 16.6 Å². The van der Waals surface area contributed by atoms with Gasteiger partial charge in [-0.05, 0) is 18.2 Å². The van der Waals surface area contributed by atoms with Gasteiger partial charge in [0.05, 0.1) is 17.5 Å². The van der Waals surface area contributed by atoms with Crippen LogP contribution in [0.4, 0.5) is 0 Å². The Morgan fingerprint density at radius 3 is 2.88 bits per heavy atom. The van der Waals surface area contributed by atoms with Gasteiger partial charge in [0.1, 0.15) is 11.7 Å². The number of hydrogen-bond acceptors (Lipinski definition) is 8. The normalized spacial score (nSPS) is 15.6. The largest absolute Gasteiger partial charge is 0.411 e. The van der Waals surface area contributed by atoms with Crippen molar-refractivity contribution >= 4 is 16.8 Å². The Morgan fingerprint density at radius 1 is 1.06 bits per heavy atom. The van der Waals surface area contributed by atoms with Crippen molar-refractivity contribution in [2.24, 2.45) is 0 Å². The van der Waals surface area contributed by atoms with Gasteiger partial charge < -0.3 is 14.3 Å². The number of carbonyl (C=O) groups excluding carboxylic acids is 1. The average Bonchev–Trinajstić information content (AvgIpc) is 3.53. The molecule has 0 saturated heterocycles. The summed E-state index contributed by atoms with van der Waals surface area (Å²) < 4.78 is 5.66. The van der Waals surface area contributed by atoms with Crippen LogP contribution in [-0.4, -0.2) is 52.5 Å². The van der Waals surface area contributed by atoms with Crippen LogP contribution < -0.4 is 0 Å². The van der Waals surface area contributed by atoms with Crippen LogP contribution in [0.3, 0.4) is 0 Å². The number of pyridine rings is 1. The fourth-order valence-corrected chi connectivity index (χ4v) is 3.90. The van der Waals surface area contributed by atoms with E-state index in [0.29, 0.717) is 30.2 Å². The number of nitrogens with zero attached hydrogens (tertiary/aromatic N) is 7. The lowest BCUT2D eigenvalue weighted by Gasteiger charge is -2.32. The van der Waals surface area contributed by atoms with E-state index in [1.54, 1.807) is 35.8 Å². The molecule has 156 valence electrons. The molecule has 6 rings (SSSR count). The third-order valence-electron chi connectivity index (χ3n) is 5.43. The maximum atomic E-state index is 13.4. The third-order valence-corrected chi connectivity index (χ3v) is 5.43. The number of amides is 1. The summed E-state index contributed by atoms with van der Waals surface area (Å²) in [5.74, 6) is 0.144. The monoisotopic (exact) mass is 424 g/mol. The number of para-hydroxylation sites is 1. The van der Waals surface area contributed by atoms with E-state index in [4.69, 9.17) is 9.40 Å². The van der Waals surface area contributed by atoms with Crippen LogP contribution in [0, 0.1) is 0 Å². The molecule has 0 aliphatic carbocycles. The number of imidazole rings is 1. The summed E-state index contributed by atoms with van der Waals surface area (Å²) in [5.41, 5.74) is 2.96. The summed E-state index contributed by atoms with van der Waals surface area (Å²) >= 11 is 0. The van der Waals surface area contributed by atoms with Crippen LogP contribution in [0.5, 0.6) is 0 Å². The first-order valence-electron chi connectivity index (χ1n) is 10.1. The second kappa shape index (κ2) is 7.34. The van der Waals surface area contributed by atoms with E-state index in [-0.39, 0.29) is 11.8 Å². The molecule has 1 aromatic carbocycles. The average molecular weight is 424 g/mol. The number of carbonyl (C=O) groups is 1. The van der Waals surface area contributed by atoms with Gasteiger partial charge >= 0.3 is 11.8 Å². The number of rotatable bonds is 3. The SMILES string of the molecule is O=C(c1nnc(-c2ccccn2)o1)N1CCc2[nH]cnc2[C@H]1c1ncc2ccccc2n1. The topological polar surface area (TPSA) is 127 Å². The van der Waals surface area contributed by atoms with Crippen LogP contribution in [0.25, 0.3) is 22.5 Å². The molecule has 5 heterocycles. The number of hydrogen-bond donors (Lipinski definition) is 1. The van der Waals surface area contributed by atoms with Gasteiger partial charge in [-0.1, -0.05) is 24.3 Å². The number of fused-ring (bicyclic) bond motifs is 2. The van der Waals surface area contributed by atoms with Crippen molar-refractivity contribution in [3.63, 3.8) is 0 Å². The second-order valence-electron chi connectivity index (χ2n) is 7.33. The Balaban J connectivity index is 1.40. The minimum Gasteiger partial charge on any atom is -0.411 e. The summed E-state index contributed by atoms with van der Waals surface area (Å²) in [6.45, 7) is 0.427. The zero-order chi connectivity index (χ0) is 21.5. The smallest absolute Gasteiger partial charge is 0.312 e. The quantitative estimate of drug-likeness (QED) is 0.468. The van der Waals surface area contributed by atoms with Crippen molar-refractivity contribution in [3.8, 4) is 11.6 Å². The van der Waals surface area contributed by atoms with Gasteiger partial charge in [-0.3, -0.25) is 9.78 Å². The van der Waals surface area contributed by atoms with Gasteiger partial charge in [0.15, 0.2) is 5.82 Å². The molecule has 1 atom stereocenters. The van der Waals surface area contributed by atoms with E-state index >= 15 is 0 Å². The van der Waals surface area contributed by atoms with Crippen molar-refractivity contribution in [3.05, 3.63) is 84.3 Å². The van der Waals surface area contributed by atoms with E-state index in [2.05, 4.69) is 30.1 Å². The third kappa shape index (κ3) is 3.00. The first-order chi connectivity index (χ1) is 15.8. The maximum absolute atomic E-state index is 13.4. The molecule has 0 unspecified atom stereocenters. The predicted octanol–water partition coefficient (Wildman–Crippen LogP) is 2.59. The van der Waals surface area contributed by atoms with Gasteiger partial charge in [-0.25, -0.2) is 15.0 Å². The zero-order valence-electron chi connectivity index (χ0n) is 16.7. The first kappa shape index (κ1) is 18.3. The van der Waals surface area contributed by atoms with E-state index in [1.807, 2.05) is 30.3 Å². The fourth-order valence-electron chi connectivity index (χ4n) is 3.90. The van der Waals surface area contributed by atoms with Crippen LogP contribution in [0.15, 0.2) is 65.6 Å². The molecule has 10 heteroatoms. The van der Waals surface area contributed by atoms with Crippen molar-refractivity contribution in [2.75, 3.05) is 6.54 Å². The first-order valence-corrected chi connectivity index (χ1v) is 10.1. The molecule has 0 spiro atoms. The zero-order valence-corrected chi connectivity index (χ0v) is 16.7. The van der Waals surface area contributed by atoms with Crippen LogP contribution >= 0.6 is 0 Å². The minimum atomic E-state index is -0.577. The van der Waals surface area contributed by atoms with Crippen molar-refractivity contribution in [1.29, 1.82) is 0 Å². The highest BCUT2D eigenvalue weighted by Crippen LogP contribution is 2.33. The summed E-state index contributed by atoms with van der Waals surface area (Å²) in [6.07, 6.45) is 5.62. The minimum absolute atomic E-state index is 0.115. The van der Waals surface area contributed by atoms with Gasteiger partial charge in [0, 0.05) is 36.4 Å².